The smallest absolute Gasteiger partial charge is 0.250 e. The number of amides is 1. The number of ether oxygens (including phenoxy) is 1. The Hall–Kier alpha value is -3.28. The lowest BCUT2D eigenvalue weighted by Crippen LogP contribution is -2.15. The predicted octanol–water partition coefficient (Wildman–Crippen LogP) is 3.33. The number of carbonyl (C=O) groups is 1. The number of benzene rings is 2. The van der Waals surface area contributed by atoms with E-state index >= 15 is 0 Å². The zero-order chi connectivity index (χ0) is 19.4. The fourth-order valence-electron chi connectivity index (χ4n) is 3.02. The van der Waals surface area contributed by atoms with Crippen LogP contribution in [0.25, 0.3) is 0 Å². The van der Waals surface area contributed by atoms with E-state index in [1.165, 1.54) is 0 Å². The van der Waals surface area contributed by atoms with Crippen LogP contribution in [0.5, 0.6) is 5.75 Å². The number of nitrogens with one attached hydrogen (secondary N) is 1. The van der Waals surface area contributed by atoms with Gasteiger partial charge in [-0.25, -0.2) is 0 Å². The SMILES string of the molecule is Cc1nn(C)c(C)c1CNc1c(OCc2ccccc2)cccc1C(N)=O. The molecule has 1 amide bonds. The van der Waals surface area contributed by atoms with Gasteiger partial charge >= 0.3 is 0 Å². The first kappa shape index (κ1) is 18.5. The first-order chi connectivity index (χ1) is 13.0. The second-order valence-corrected chi connectivity index (χ2v) is 6.44. The lowest BCUT2D eigenvalue weighted by Gasteiger charge is -2.16. The summed E-state index contributed by atoms with van der Waals surface area (Å²) < 4.78 is 7.82. The molecule has 6 heteroatoms. The van der Waals surface area contributed by atoms with Crippen molar-refractivity contribution in [3.8, 4) is 5.75 Å². The fraction of sp³-hybridized carbons (Fsp3) is 0.238. The van der Waals surface area contributed by atoms with Gasteiger partial charge in [0.15, 0.2) is 0 Å². The van der Waals surface area contributed by atoms with Gasteiger partial charge in [-0.3, -0.25) is 9.48 Å². The highest BCUT2D eigenvalue weighted by molar-refractivity contribution is 5.99. The van der Waals surface area contributed by atoms with E-state index in [9.17, 15) is 4.79 Å². The van der Waals surface area contributed by atoms with Crippen molar-refractivity contribution in [2.24, 2.45) is 12.8 Å². The highest BCUT2D eigenvalue weighted by Gasteiger charge is 2.16. The minimum absolute atomic E-state index is 0.403. The molecule has 3 N–H and O–H groups in total. The first-order valence-corrected chi connectivity index (χ1v) is 8.80. The van der Waals surface area contributed by atoms with Gasteiger partial charge in [-0.2, -0.15) is 5.10 Å². The van der Waals surface area contributed by atoms with Crippen molar-refractivity contribution in [3.63, 3.8) is 0 Å². The van der Waals surface area contributed by atoms with E-state index in [2.05, 4.69) is 10.4 Å². The highest BCUT2D eigenvalue weighted by atomic mass is 16.5. The molecular formula is C21H24N4O2. The molecule has 2 aromatic carbocycles. The molecule has 1 aromatic heterocycles. The van der Waals surface area contributed by atoms with Crippen LogP contribution in [0.3, 0.4) is 0 Å². The van der Waals surface area contributed by atoms with Crippen molar-refractivity contribution in [1.29, 1.82) is 0 Å². The van der Waals surface area contributed by atoms with Crippen molar-refractivity contribution >= 4 is 11.6 Å². The fourth-order valence-corrected chi connectivity index (χ4v) is 3.02. The van der Waals surface area contributed by atoms with E-state index in [0.29, 0.717) is 30.2 Å². The quantitative estimate of drug-likeness (QED) is 0.674. The molecule has 0 spiro atoms. The van der Waals surface area contributed by atoms with E-state index in [1.54, 1.807) is 12.1 Å². The van der Waals surface area contributed by atoms with Crippen LogP contribution in [-0.4, -0.2) is 15.7 Å². The maximum Gasteiger partial charge on any atom is 0.250 e. The number of para-hydroxylation sites is 1. The van der Waals surface area contributed by atoms with E-state index in [-0.39, 0.29) is 0 Å². The van der Waals surface area contributed by atoms with Crippen LogP contribution in [0.1, 0.15) is 32.9 Å². The van der Waals surface area contributed by atoms with Crippen LogP contribution in [-0.2, 0) is 20.2 Å². The number of aromatic nitrogens is 2. The standard InChI is InChI=1S/C21H24N4O2/c1-14-18(15(2)25(3)24-14)12-23-20-17(21(22)26)10-7-11-19(20)27-13-16-8-5-4-6-9-16/h4-11,23H,12-13H2,1-3H3,(H2,22,26). The van der Waals surface area contributed by atoms with Crippen molar-refractivity contribution in [1.82, 2.24) is 9.78 Å². The van der Waals surface area contributed by atoms with Gasteiger partial charge in [-0.05, 0) is 31.5 Å². The lowest BCUT2D eigenvalue weighted by molar-refractivity contribution is 0.100. The Balaban J connectivity index is 1.86. The highest BCUT2D eigenvalue weighted by Crippen LogP contribution is 2.30. The maximum absolute atomic E-state index is 11.9. The van der Waals surface area contributed by atoms with Gasteiger partial charge in [-0.15, -0.1) is 0 Å². The molecule has 6 nitrogen and oxygen atoms in total. The van der Waals surface area contributed by atoms with Gasteiger partial charge in [0.25, 0.3) is 5.91 Å². The second-order valence-electron chi connectivity index (χ2n) is 6.44. The molecular weight excluding hydrogens is 340 g/mol. The first-order valence-electron chi connectivity index (χ1n) is 8.80. The summed E-state index contributed by atoms with van der Waals surface area (Å²) in [5.74, 6) is 0.0941. The maximum atomic E-state index is 11.9. The largest absolute Gasteiger partial charge is 0.487 e. The van der Waals surface area contributed by atoms with Crippen LogP contribution in [0.4, 0.5) is 5.69 Å². The normalized spacial score (nSPS) is 10.6. The Morgan fingerprint density at radius 1 is 1.15 bits per heavy atom. The van der Waals surface area contributed by atoms with Crippen LogP contribution in [0, 0.1) is 13.8 Å². The molecule has 140 valence electrons. The van der Waals surface area contributed by atoms with Gasteiger partial charge in [-0.1, -0.05) is 36.4 Å². The molecule has 0 aliphatic heterocycles. The van der Waals surface area contributed by atoms with Crippen molar-refractivity contribution < 1.29 is 9.53 Å². The van der Waals surface area contributed by atoms with Crippen LogP contribution in [0.15, 0.2) is 48.5 Å². The molecule has 0 aliphatic rings. The summed E-state index contributed by atoms with van der Waals surface area (Å²) in [7, 11) is 1.91. The molecule has 3 aromatic rings. The van der Waals surface area contributed by atoms with Crippen LogP contribution >= 0.6 is 0 Å². The predicted molar refractivity (Wildman–Crippen MR) is 106 cm³/mol. The number of carbonyl (C=O) groups excluding carboxylic acids is 1. The molecule has 0 bridgehead atoms. The molecule has 27 heavy (non-hydrogen) atoms. The molecule has 0 radical (unpaired) electrons. The van der Waals surface area contributed by atoms with Crippen molar-refractivity contribution in [2.45, 2.75) is 27.0 Å². The molecule has 0 unspecified atom stereocenters. The summed E-state index contributed by atoms with van der Waals surface area (Å²) in [6, 6.07) is 15.2. The molecule has 1 heterocycles. The Kier molecular flexibility index (Phi) is 5.45. The number of aryl methyl sites for hydroxylation is 2. The number of hydrogen-bond donors (Lipinski definition) is 2. The van der Waals surface area contributed by atoms with E-state index in [4.69, 9.17) is 10.5 Å². The monoisotopic (exact) mass is 364 g/mol. The third-order valence-corrected chi connectivity index (χ3v) is 4.63. The van der Waals surface area contributed by atoms with E-state index in [1.807, 2.05) is 62.0 Å². The number of primary amides is 1. The zero-order valence-corrected chi connectivity index (χ0v) is 15.8. The Morgan fingerprint density at radius 3 is 2.52 bits per heavy atom. The van der Waals surface area contributed by atoms with Gasteiger partial charge in [0, 0.05) is 24.8 Å². The average molecular weight is 364 g/mol. The van der Waals surface area contributed by atoms with Gasteiger partial charge in [0.2, 0.25) is 0 Å². The Morgan fingerprint density at radius 2 is 1.89 bits per heavy atom. The van der Waals surface area contributed by atoms with Crippen molar-refractivity contribution in [3.05, 3.63) is 76.6 Å². The molecule has 3 rings (SSSR count). The van der Waals surface area contributed by atoms with Crippen LogP contribution < -0.4 is 15.8 Å². The topological polar surface area (TPSA) is 82.2 Å². The number of nitrogens with zero attached hydrogens (tertiary/aromatic N) is 2. The summed E-state index contributed by atoms with van der Waals surface area (Å²) in [4.78, 5) is 11.9. The number of nitrogens with two attached hydrogens (primary N) is 1. The third-order valence-electron chi connectivity index (χ3n) is 4.63. The minimum atomic E-state index is -0.498. The summed E-state index contributed by atoms with van der Waals surface area (Å²) in [6.07, 6.45) is 0. The van der Waals surface area contributed by atoms with E-state index < -0.39 is 5.91 Å². The summed E-state index contributed by atoms with van der Waals surface area (Å²) >= 11 is 0. The summed E-state index contributed by atoms with van der Waals surface area (Å²) in [5.41, 5.74) is 10.7. The second kappa shape index (κ2) is 7.95. The molecule has 0 fully saturated rings. The molecule has 0 aliphatic carbocycles. The molecule has 0 atom stereocenters. The summed E-state index contributed by atoms with van der Waals surface area (Å²) in [5, 5.41) is 7.76. The van der Waals surface area contributed by atoms with Crippen molar-refractivity contribution in [2.75, 3.05) is 5.32 Å². The Labute approximate surface area is 159 Å². The summed E-state index contributed by atoms with van der Waals surface area (Å²) in [6.45, 7) is 4.92. The molecule has 0 saturated carbocycles. The van der Waals surface area contributed by atoms with Crippen LogP contribution in [0.2, 0.25) is 0 Å². The van der Waals surface area contributed by atoms with Gasteiger partial charge < -0.3 is 15.8 Å². The number of anilines is 1. The third kappa shape index (κ3) is 4.11. The number of rotatable bonds is 7. The molecule has 0 saturated heterocycles. The Bertz CT molecular complexity index is 948. The van der Waals surface area contributed by atoms with Gasteiger partial charge in [0.1, 0.15) is 12.4 Å². The average Bonchev–Trinajstić information content (AvgIpc) is 2.91. The van der Waals surface area contributed by atoms with Gasteiger partial charge in [0.05, 0.1) is 16.9 Å². The number of hydrogen-bond acceptors (Lipinski definition) is 4. The zero-order valence-electron chi connectivity index (χ0n) is 15.8. The minimum Gasteiger partial charge on any atom is -0.487 e. The lowest BCUT2D eigenvalue weighted by atomic mass is 10.1. The van der Waals surface area contributed by atoms with E-state index in [0.717, 1.165) is 22.5 Å².